The van der Waals surface area contributed by atoms with E-state index in [2.05, 4.69) is 13.2 Å². The fourth-order valence-corrected chi connectivity index (χ4v) is 2.30. The molecular weight excluding hydrogens is 333 g/mol. The quantitative estimate of drug-likeness (QED) is 0.116. The van der Waals surface area contributed by atoms with Crippen LogP contribution in [0.15, 0.2) is 0 Å². The zero-order valence-corrected chi connectivity index (χ0v) is 14.7. The maximum absolute atomic E-state index is 10.7. The first-order valence-electron chi connectivity index (χ1n) is 7.48. The molecule has 0 nitrogen and oxygen atoms in total. The molecule has 0 saturated heterocycles. The Labute approximate surface area is 128 Å². The van der Waals surface area contributed by atoms with E-state index in [1.165, 1.54) is 70.0 Å². The Morgan fingerprint density at radius 2 is 0.905 bits per heavy atom. The SMILES string of the molecule is CCCCCCCCCCCC[SH+]C.F[P-](F)(F)(F)(F)F. The monoisotopic (exact) mass is 362 g/mol. The summed E-state index contributed by atoms with van der Waals surface area (Å²) in [5.41, 5.74) is 0. The standard InChI is InChI=1S/C13H28S.F6P/c1-3-4-5-6-7-8-9-10-11-12-13-14-2;1-7(2,3,4,5)6/h3-13H2,1-2H3;/q;-1/p+1. The molecule has 0 amide bonds. The Morgan fingerprint density at radius 3 is 1.19 bits per heavy atom. The van der Waals surface area contributed by atoms with Gasteiger partial charge in [0.05, 0.1) is 6.26 Å². The third-order valence-electron chi connectivity index (χ3n) is 2.74. The first-order valence-corrected chi connectivity index (χ1v) is 11.0. The Kier molecular flexibility index (Phi) is 11.5. The fourth-order valence-electron chi connectivity index (χ4n) is 1.76. The number of hydrogen-bond donors (Lipinski definition) is 0. The van der Waals surface area contributed by atoms with E-state index in [0.29, 0.717) is 0 Å². The van der Waals surface area contributed by atoms with Gasteiger partial charge in [-0.1, -0.05) is 58.3 Å². The summed E-state index contributed by atoms with van der Waals surface area (Å²) in [7, 11) is -10.7. The average molecular weight is 362 g/mol. The molecule has 0 bridgehead atoms. The van der Waals surface area contributed by atoms with E-state index in [0.717, 1.165) is 0 Å². The molecule has 0 aliphatic rings. The van der Waals surface area contributed by atoms with Crippen molar-refractivity contribution in [1.82, 2.24) is 0 Å². The Hall–Kier alpha value is 0.360. The molecule has 0 spiro atoms. The summed E-state index contributed by atoms with van der Waals surface area (Å²) >= 11 is 1.57. The van der Waals surface area contributed by atoms with Crippen LogP contribution in [0.5, 0.6) is 0 Å². The summed E-state index contributed by atoms with van der Waals surface area (Å²) in [6.45, 7) is 2.28. The summed E-state index contributed by atoms with van der Waals surface area (Å²) in [6.07, 6.45) is 16.8. The van der Waals surface area contributed by atoms with Crippen molar-refractivity contribution in [2.45, 2.75) is 71.1 Å². The second kappa shape index (κ2) is 10.2. The van der Waals surface area contributed by atoms with Gasteiger partial charge < -0.3 is 0 Å². The van der Waals surface area contributed by atoms with Gasteiger partial charge in [-0.05, 0) is 24.6 Å². The van der Waals surface area contributed by atoms with Crippen molar-refractivity contribution in [1.29, 1.82) is 0 Å². The molecule has 0 unspecified atom stereocenters. The first-order chi connectivity index (χ1) is 9.36. The van der Waals surface area contributed by atoms with Gasteiger partial charge in [-0.25, -0.2) is 0 Å². The van der Waals surface area contributed by atoms with Gasteiger partial charge in [-0.15, -0.1) is 0 Å². The van der Waals surface area contributed by atoms with E-state index in [-0.39, 0.29) is 0 Å². The van der Waals surface area contributed by atoms with Gasteiger partial charge in [-0.3, -0.25) is 0 Å². The van der Waals surface area contributed by atoms with Crippen molar-refractivity contribution in [3.63, 3.8) is 0 Å². The molecule has 0 heterocycles. The van der Waals surface area contributed by atoms with E-state index in [9.17, 15) is 25.2 Å². The van der Waals surface area contributed by atoms with Crippen molar-refractivity contribution in [3.8, 4) is 0 Å². The van der Waals surface area contributed by atoms with Gasteiger partial charge in [0.1, 0.15) is 5.75 Å². The molecule has 0 N–H and O–H groups in total. The van der Waals surface area contributed by atoms with E-state index in [1.54, 1.807) is 11.8 Å². The van der Waals surface area contributed by atoms with Crippen LogP contribution >= 0.6 is 7.81 Å². The average Bonchev–Trinajstić information content (AvgIpc) is 2.28. The first kappa shape index (κ1) is 23.6. The minimum absolute atomic E-state index is 1.37. The van der Waals surface area contributed by atoms with Crippen LogP contribution in [-0.2, 0) is 11.8 Å². The molecule has 0 rings (SSSR count). The van der Waals surface area contributed by atoms with Crippen molar-refractivity contribution >= 4 is 19.6 Å². The molecular formula is C13H29F6PS. The molecule has 134 valence electrons. The molecule has 0 aromatic rings. The second-order valence-electron chi connectivity index (χ2n) is 5.18. The topological polar surface area (TPSA) is 0 Å². The number of thiol groups is 1. The van der Waals surface area contributed by atoms with Crippen LogP contribution < -0.4 is 0 Å². The van der Waals surface area contributed by atoms with Crippen LogP contribution in [0, 0.1) is 0 Å². The van der Waals surface area contributed by atoms with Crippen LogP contribution in [0.2, 0.25) is 0 Å². The van der Waals surface area contributed by atoms with E-state index in [1.807, 2.05) is 0 Å². The van der Waals surface area contributed by atoms with Crippen LogP contribution in [0.25, 0.3) is 0 Å². The summed E-state index contributed by atoms with van der Waals surface area (Å²) in [4.78, 5) is 0. The summed E-state index contributed by atoms with van der Waals surface area (Å²) < 4.78 is 59.2. The van der Waals surface area contributed by atoms with Crippen LogP contribution in [-0.4, -0.2) is 12.0 Å². The van der Waals surface area contributed by atoms with E-state index in [4.69, 9.17) is 0 Å². The molecule has 0 atom stereocenters. The van der Waals surface area contributed by atoms with E-state index < -0.39 is 7.81 Å². The normalized spacial score (nSPS) is 14.9. The van der Waals surface area contributed by atoms with Gasteiger partial charge in [-0.2, -0.15) is 0 Å². The molecule has 21 heavy (non-hydrogen) atoms. The zero-order chi connectivity index (χ0) is 16.9. The summed E-state index contributed by atoms with van der Waals surface area (Å²) in [6, 6.07) is 0. The molecule has 0 radical (unpaired) electrons. The molecule has 0 aliphatic carbocycles. The van der Waals surface area contributed by atoms with Gasteiger partial charge in [0, 0.05) is 0 Å². The predicted octanol–water partition coefficient (Wildman–Crippen LogP) is 7.73. The van der Waals surface area contributed by atoms with Crippen molar-refractivity contribution < 1.29 is 25.2 Å². The Balaban J connectivity index is 0. The Morgan fingerprint density at radius 1 is 0.619 bits per heavy atom. The van der Waals surface area contributed by atoms with Crippen molar-refractivity contribution in [3.05, 3.63) is 0 Å². The van der Waals surface area contributed by atoms with Crippen molar-refractivity contribution in [2.24, 2.45) is 0 Å². The number of unbranched alkanes of at least 4 members (excludes halogenated alkanes) is 9. The van der Waals surface area contributed by atoms with E-state index >= 15 is 0 Å². The van der Waals surface area contributed by atoms with Gasteiger partial charge in [0.25, 0.3) is 0 Å². The second-order valence-corrected chi connectivity index (χ2v) is 8.18. The molecule has 8 heteroatoms. The predicted molar refractivity (Wildman–Crippen MR) is 85.0 cm³/mol. The van der Waals surface area contributed by atoms with Crippen LogP contribution in [0.3, 0.4) is 0 Å². The van der Waals surface area contributed by atoms with Gasteiger partial charge in [0.15, 0.2) is 0 Å². The maximum atomic E-state index is 9.87. The number of hydrogen-bond acceptors (Lipinski definition) is 0. The van der Waals surface area contributed by atoms with Crippen LogP contribution in [0.4, 0.5) is 25.2 Å². The third-order valence-corrected chi connectivity index (χ3v) is 3.50. The van der Waals surface area contributed by atoms with Gasteiger partial charge in [0.2, 0.25) is 0 Å². The summed E-state index contributed by atoms with van der Waals surface area (Å²) in [5.74, 6) is 1.41. The van der Waals surface area contributed by atoms with Gasteiger partial charge >= 0.3 is 33.0 Å². The molecule has 0 aromatic carbocycles. The number of halogens is 6. The molecule has 0 aromatic heterocycles. The Bertz CT molecular complexity index is 215. The number of rotatable bonds is 11. The summed E-state index contributed by atoms with van der Waals surface area (Å²) in [5, 5.41) is 0. The van der Waals surface area contributed by atoms with Crippen molar-refractivity contribution in [2.75, 3.05) is 12.0 Å². The molecule has 0 aliphatic heterocycles. The molecule has 0 saturated carbocycles. The minimum atomic E-state index is -10.7. The zero-order valence-electron chi connectivity index (χ0n) is 12.9. The third kappa shape index (κ3) is 53.2. The molecule has 0 fully saturated rings. The van der Waals surface area contributed by atoms with Crippen LogP contribution in [0.1, 0.15) is 71.1 Å². The fraction of sp³-hybridized carbons (Fsp3) is 1.00.